The Labute approximate surface area is 114 Å². The molecule has 0 unspecified atom stereocenters. The number of aliphatic carboxylic acids is 1. The summed E-state index contributed by atoms with van der Waals surface area (Å²) in [5, 5.41) is 13.0. The number of nitrogens with one attached hydrogen (secondary N) is 2. The van der Waals surface area contributed by atoms with Crippen molar-refractivity contribution < 1.29 is 24.3 Å². The van der Waals surface area contributed by atoms with Crippen LogP contribution in [0.2, 0.25) is 0 Å². The first-order valence-corrected chi connectivity index (χ1v) is 5.85. The first kappa shape index (κ1) is 17.2. The van der Waals surface area contributed by atoms with Crippen LogP contribution in [0.15, 0.2) is 0 Å². The van der Waals surface area contributed by atoms with E-state index in [4.69, 9.17) is 16.6 Å². The Morgan fingerprint density at radius 2 is 1.84 bits per heavy atom. The van der Waals surface area contributed by atoms with Crippen molar-refractivity contribution in [1.29, 1.82) is 0 Å². The fourth-order valence-corrected chi connectivity index (χ4v) is 1.29. The van der Waals surface area contributed by atoms with Gasteiger partial charge in [0.05, 0.1) is 19.0 Å². The van der Waals surface area contributed by atoms with Gasteiger partial charge in [0.2, 0.25) is 17.7 Å². The summed E-state index contributed by atoms with van der Waals surface area (Å²) in [6, 6.07) is -2.29. The quantitative estimate of drug-likeness (QED) is 0.258. The zero-order chi connectivity index (χ0) is 15.0. The minimum absolute atomic E-state index is 0.0871. The summed E-state index contributed by atoms with van der Waals surface area (Å²) in [6.45, 7) is -0.456. The molecule has 0 aliphatic carbocycles. The molecular weight excluding hydrogens is 276 g/mol. The van der Waals surface area contributed by atoms with Crippen LogP contribution in [0.5, 0.6) is 0 Å². The minimum atomic E-state index is -1.24. The van der Waals surface area contributed by atoms with Crippen molar-refractivity contribution >= 4 is 36.3 Å². The van der Waals surface area contributed by atoms with E-state index in [1.807, 2.05) is 0 Å². The van der Waals surface area contributed by atoms with Crippen molar-refractivity contribution in [3.05, 3.63) is 0 Å². The molecule has 10 heteroatoms. The average molecular weight is 292 g/mol. The Bertz CT molecular complexity index is 376. The molecule has 2 atom stereocenters. The fourth-order valence-electron chi connectivity index (χ4n) is 1.04. The maximum Gasteiger partial charge on any atom is 0.327 e. The van der Waals surface area contributed by atoms with Gasteiger partial charge < -0.3 is 27.2 Å². The Hall–Kier alpha value is -1.81. The smallest absolute Gasteiger partial charge is 0.327 e. The SMILES string of the molecule is NC(=O)C[C@H](N)C(=O)NCC(=O)N[C@@H](CS)C(=O)O. The lowest BCUT2D eigenvalue weighted by atomic mass is 10.2. The summed E-state index contributed by atoms with van der Waals surface area (Å²) in [7, 11) is 0. The van der Waals surface area contributed by atoms with Gasteiger partial charge in [0, 0.05) is 5.75 Å². The molecule has 0 rings (SSSR count). The van der Waals surface area contributed by atoms with Crippen molar-refractivity contribution in [2.75, 3.05) is 12.3 Å². The molecule has 0 radical (unpaired) electrons. The first-order valence-electron chi connectivity index (χ1n) is 5.22. The summed E-state index contributed by atoms with van der Waals surface area (Å²) in [5.41, 5.74) is 10.2. The summed E-state index contributed by atoms with van der Waals surface area (Å²) in [6.07, 6.45) is -0.345. The molecule has 0 saturated heterocycles. The van der Waals surface area contributed by atoms with E-state index < -0.39 is 42.3 Å². The molecule has 0 saturated carbocycles. The topological polar surface area (TPSA) is 165 Å². The highest BCUT2D eigenvalue weighted by Gasteiger charge is 2.20. The highest BCUT2D eigenvalue weighted by Crippen LogP contribution is 1.89. The minimum Gasteiger partial charge on any atom is -0.480 e. The third-order valence-electron chi connectivity index (χ3n) is 2.00. The molecule has 0 aromatic carbocycles. The second-order valence-electron chi connectivity index (χ2n) is 3.64. The van der Waals surface area contributed by atoms with E-state index in [0.29, 0.717) is 0 Å². The number of carboxylic acid groups (broad SMARTS) is 1. The molecule has 9 nitrogen and oxygen atoms in total. The number of nitrogens with two attached hydrogens (primary N) is 2. The molecule has 7 N–H and O–H groups in total. The zero-order valence-electron chi connectivity index (χ0n) is 9.96. The largest absolute Gasteiger partial charge is 0.480 e. The van der Waals surface area contributed by atoms with Crippen LogP contribution in [0.25, 0.3) is 0 Å². The second-order valence-corrected chi connectivity index (χ2v) is 4.00. The molecule has 0 bridgehead atoms. The third-order valence-corrected chi connectivity index (χ3v) is 2.36. The van der Waals surface area contributed by atoms with Crippen molar-refractivity contribution in [3.8, 4) is 0 Å². The van der Waals surface area contributed by atoms with E-state index in [0.717, 1.165) is 0 Å². The molecule has 0 heterocycles. The molecule has 0 fully saturated rings. The number of hydrogen-bond donors (Lipinski definition) is 6. The van der Waals surface area contributed by atoms with Gasteiger partial charge in [-0.15, -0.1) is 0 Å². The van der Waals surface area contributed by atoms with Gasteiger partial charge in [0.15, 0.2) is 0 Å². The predicted molar refractivity (Wildman–Crippen MR) is 68.2 cm³/mol. The number of rotatable bonds is 8. The molecular formula is C9H16N4O5S. The van der Waals surface area contributed by atoms with Crippen LogP contribution in [0.4, 0.5) is 0 Å². The Balaban J connectivity index is 4.12. The summed E-state index contributed by atoms with van der Waals surface area (Å²) >= 11 is 3.75. The lowest BCUT2D eigenvalue weighted by Crippen LogP contribution is -2.49. The zero-order valence-corrected chi connectivity index (χ0v) is 10.9. The maximum atomic E-state index is 11.3. The standard InChI is InChI=1S/C9H16N4O5S/c10-4(1-6(11)14)8(16)12-2-7(15)13-5(3-19)9(17)18/h4-5,19H,1-3,10H2,(H2,11,14)(H,12,16)(H,13,15)(H,17,18)/t4-,5-/m0/s1. The number of carbonyl (C=O) groups excluding carboxylic acids is 3. The van der Waals surface area contributed by atoms with Crippen molar-refractivity contribution in [2.24, 2.45) is 11.5 Å². The molecule has 0 aliphatic rings. The predicted octanol–water partition coefficient (Wildman–Crippen LogP) is -3.20. The highest BCUT2D eigenvalue weighted by molar-refractivity contribution is 7.80. The molecule has 3 amide bonds. The van der Waals surface area contributed by atoms with E-state index in [2.05, 4.69) is 23.3 Å². The second kappa shape index (κ2) is 8.32. The van der Waals surface area contributed by atoms with Crippen LogP contribution in [0.3, 0.4) is 0 Å². The van der Waals surface area contributed by atoms with Crippen molar-refractivity contribution in [2.45, 2.75) is 18.5 Å². The number of carboxylic acids is 1. The van der Waals surface area contributed by atoms with Crippen molar-refractivity contribution in [3.63, 3.8) is 0 Å². The molecule has 0 aliphatic heterocycles. The Morgan fingerprint density at radius 1 is 1.26 bits per heavy atom. The normalized spacial score (nSPS) is 13.2. The molecule has 0 aromatic heterocycles. The Kier molecular flexibility index (Phi) is 7.53. The van der Waals surface area contributed by atoms with Gasteiger partial charge in [-0.2, -0.15) is 12.6 Å². The number of carbonyl (C=O) groups is 4. The molecule has 0 spiro atoms. The van der Waals surface area contributed by atoms with Crippen LogP contribution in [0.1, 0.15) is 6.42 Å². The van der Waals surface area contributed by atoms with Crippen LogP contribution < -0.4 is 22.1 Å². The van der Waals surface area contributed by atoms with Crippen LogP contribution in [-0.4, -0.2) is 53.2 Å². The highest BCUT2D eigenvalue weighted by atomic mass is 32.1. The van der Waals surface area contributed by atoms with E-state index in [1.165, 1.54) is 0 Å². The average Bonchev–Trinajstić information content (AvgIpc) is 2.31. The van der Waals surface area contributed by atoms with Gasteiger partial charge in [0.1, 0.15) is 6.04 Å². The van der Waals surface area contributed by atoms with Crippen LogP contribution >= 0.6 is 12.6 Å². The Morgan fingerprint density at radius 3 is 2.26 bits per heavy atom. The summed E-state index contributed by atoms with van der Waals surface area (Å²) in [5.74, 6) is -3.50. The van der Waals surface area contributed by atoms with E-state index in [9.17, 15) is 19.2 Å². The fraction of sp³-hybridized carbons (Fsp3) is 0.556. The van der Waals surface area contributed by atoms with Crippen LogP contribution in [0, 0.1) is 0 Å². The third kappa shape index (κ3) is 7.26. The number of hydrogen-bond acceptors (Lipinski definition) is 6. The van der Waals surface area contributed by atoms with E-state index in [1.54, 1.807) is 0 Å². The van der Waals surface area contributed by atoms with Gasteiger partial charge in [-0.1, -0.05) is 0 Å². The molecule has 19 heavy (non-hydrogen) atoms. The number of primary amides is 1. The maximum absolute atomic E-state index is 11.3. The molecule has 108 valence electrons. The summed E-state index contributed by atoms with van der Waals surface area (Å²) in [4.78, 5) is 43.8. The lowest BCUT2D eigenvalue weighted by molar-refractivity contribution is -0.141. The summed E-state index contributed by atoms with van der Waals surface area (Å²) < 4.78 is 0. The number of thiol groups is 1. The van der Waals surface area contributed by atoms with Crippen molar-refractivity contribution in [1.82, 2.24) is 10.6 Å². The van der Waals surface area contributed by atoms with Crippen LogP contribution in [-0.2, 0) is 19.2 Å². The van der Waals surface area contributed by atoms with Gasteiger partial charge in [-0.3, -0.25) is 14.4 Å². The lowest BCUT2D eigenvalue weighted by Gasteiger charge is -2.13. The number of amides is 3. The van der Waals surface area contributed by atoms with Gasteiger partial charge >= 0.3 is 5.97 Å². The van der Waals surface area contributed by atoms with Gasteiger partial charge in [-0.25, -0.2) is 4.79 Å². The van der Waals surface area contributed by atoms with Gasteiger partial charge in [-0.05, 0) is 0 Å². The monoisotopic (exact) mass is 292 g/mol. The first-order chi connectivity index (χ1) is 8.77. The molecule has 0 aromatic rings. The van der Waals surface area contributed by atoms with E-state index >= 15 is 0 Å². The van der Waals surface area contributed by atoms with Gasteiger partial charge in [0.25, 0.3) is 0 Å². The van der Waals surface area contributed by atoms with E-state index in [-0.39, 0.29) is 12.2 Å².